The molecule has 0 saturated heterocycles. The minimum absolute atomic E-state index is 0.489. The monoisotopic (exact) mass is 360 g/mol. The van der Waals surface area contributed by atoms with Gasteiger partial charge in [0.25, 0.3) is 10.2 Å². The maximum absolute atomic E-state index is 11.6. The number of rotatable bonds is 5. The third-order valence-corrected chi connectivity index (χ3v) is 4.96. The molecule has 1 aromatic carbocycles. The van der Waals surface area contributed by atoms with Crippen LogP contribution in [-0.2, 0) is 16.8 Å². The van der Waals surface area contributed by atoms with Crippen LogP contribution in [0.3, 0.4) is 0 Å². The van der Waals surface area contributed by atoms with Crippen LogP contribution in [0.2, 0.25) is 0 Å². The number of aryl methyl sites for hydroxylation is 1. The van der Waals surface area contributed by atoms with Crippen LogP contribution >= 0.6 is 0 Å². The van der Waals surface area contributed by atoms with Gasteiger partial charge in [0.2, 0.25) is 0 Å². The molecular formula is C17H20N4O3S. The first kappa shape index (κ1) is 17.2. The Bertz CT molecular complexity index is 1010. The van der Waals surface area contributed by atoms with Crippen molar-refractivity contribution in [2.45, 2.75) is 13.5 Å². The lowest BCUT2D eigenvalue weighted by Gasteiger charge is -2.20. The fraction of sp³-hybridized carbons (Fsp3) is 0.235. The van der Waals surface area contributed by atoms with Crippen LogP contribution in [0.1, 0.15) is 11.5 Å². The van der Waals surface area contributed by atoms with E-state index in [4.69, 9.17) is 9.56 Å². The maximum Gasteiger partial charge on any atom is 0.298 e. The number of aromatic nitrogens is 1. The predicted octanol–water partition coefficient (Wildman–Crippen LogP) is 2.41. The summed E-state index contributed by atoms with van der Waals surface area (Å²) in [4.78, 5) is 6.59. The highest BCUT2D eigenvalue weighted by molar-refractivity contribution is 7.90. The first-order chi connectivity index (χ1) is 11.8. The van der Waals surface area contributed by atoms with Gasteiger partial charge in [-0.25, -0.2) is 10.1 Å². The number of pyridine rings is 1. The van der Waals surface area contributed by atoms with Crippen LogP contribution < -0.4 is 14.3 Å². The minimum Gasteiger partial charge on any atom is -0.464 e. The van der Waals surface area contributed by atoms with E-state index in [1.165, 1.54) is 7.05 Å². The molecule has 0 radical (unpaired) electrons. The number of furan rings is 1. The average Bonchev–Trinajstić information content (AvgIpc) is 2.97. The summed E-state index contributed by atoms with van der Waals surface area (Å²) in [7, 11) is -0.486. The van der Waals surface area contributed by atoms with Gasteiger partial charge in [0.15, 0.2) is 0 Å². The lowest BCUT2D eigenvalue weighted by Crippen LogP contribution is -2.33. The van der Waals surface area contributed by atoms with Crippen molar-refractivity contribution in [3.63, 3.8) is 0 Å². The Balaban J connectivity index is 1.95. The van der Waals surface area contributed by atoms with Crippen molar-refractivity contribution in [2.75, 3.05) is 23.3 Å². The van der Waals surface area contributed by atoms with Crippen molar-refractivity contribution in [3.8, 4) is 0 Å². The van der Waals surface area contributed by atoms with Gasteiger partial charge in [0, 0.05) is 19.5 Å². The molecule has 0 aliphatic rings. The lowest BCUT2D eigenvalue weighted by atomic mass is 10.2. The molecule has 0 spiro atoms. The average molecular weight is 360 g/mol. The number of hydrogen-bond donors (Lipinski definition) is 1. The largest absolute Gasteiger partial charge is 0.464 e. The Labute approximate surface area is 146 Å². The molecule has 132 valence electrons. The third-order valence-electron chi connectivity index (χ3n) is 4.00. The Morgan fingerprint density at radius 1 is 1.12 bits per heavy atom. The Morgan fingerprint density at radius 3 is 2.52 bits per heavy atom. The topological polar surface area (TPSA) is 92.7 Å². The van der Waals surface area contributed by atoms with Gasteiger partial charge in [-0.1, -0.05) is 6.07 Å². The van der Waals surface area contributed by atoms with Gasteiger partial charge in [0.05, 0.1) is 17.7 Å². The van der Waals surface area contributed by atoms with Gasteiger partial charge in [-0.15, -0.1) is 0 Å². The second kappa shape index (κ2) is 6.38. The zero-order chi connectivity index (χ0) is 18.2. The van der Waals surface area contributed by atoms with Gasteiger partial charge in [-0.3, -0.25) is 4.31 Å². The zero-order valence-corrected chi connectivity index (χ0v) is 15.1. The second-order valence-electron chi connectivity index (χ2n) is 5.89. The molecular weight excluding hydrogens is 340 g/mol. The first-order valence-electron chi connectivity index (χ1n) is 7.68. The van der Waals surface area contributed by atoms with Gasteiger partial charge in [-0.2, -0.15) is 8.42 Å². The lowest BCUT2D eigenvalue weighted by molar-refractivity contribution is 0.481. The quantitative estimate of drug-likeness (QED) is 0.754. The molecule has 0 bridgehead atoms. The smallest absolute Gasteiger partial charge is 0.298 e. The van der Waals surface area contributed by atoms with E-state index in [0.717, 1.165) is 21.6 Å². The molecule has 0 aliphatic heterocycles. The molecule has 2 N–H and O–H groups in total. The number of hydrogen-bond acceptors (Lipinski definition) is 5. The summed E-state index contributed by atoms with van der Waals surface area (Å²) in [5, 5.41) is 5.94. The molecule has 0 saturated carbocycles. The van der Waals surface area contributed by atoms with E-state index in [1.54, 1.807) is 12.1 Å². The molecule has 25 heavy (non-hydrogen) atoms. The number of benzene rings is 1. The predicted molar refractivity (Wildman–Crippen MR) is 98.8 cm³/mol. The molecule has 2 heterocycles. The molecule has 0 atom stereocenters. The zero-order valence-electron chi connectivity index (χ0n) is 14.3. The summed E-state index contributed by atoms with van der Waals surface area (Å²) < 4.78 is 29.9. The van der Waals surface area contributed by atoms with E-state index >= 15 is 0 Å². The highest BCUT2D eigenvalue weighted by Crippen LogP contribution is 2.28. The fourth-order valence-electron chi connectivity index (χ4n) is 2.64. The van der Waals surface area contributed by atoms with E-state index in [-0.39, 0.29) is 0 Å². The van der Waals surface area contributed by atoms with Gasteiger partial charge in [0.1, 0.15) is 17.3 Å². The fourth-order valence-corrected chi connectivity index (χ4v) is 3.07. The van der Waals surface area contributed by atoms with Crippen LogP contribution in [0, 0.1) is 6.92 Å². The standard InChI is InChI=1S/C17H20N4O3S/c1-12-7-8-13(24-12)11-20(2)17-10-9-14-15(19-17)5-4-6-16(14)21(3)25(18,22)23/h4-10H,11H2,1-3H3,(H2,18,22,23). The number of nitrogens with two attached hydrogens (primary N) is 1. The van der Waals surface area contributed by atoms with Gasteiger partial charge in [-0.05, 0) is 43.3 Å². The Kier molecular flexibility index (Phi) is 4.40. The van der Waals surface area contributed by atoms with Crippen molar-refractivity contribution in [1.82, 2.24) is 4.98 Å². The molecule has 3 aromatic rings. The van der Waals surface area contributed by atoms with Crippen molar-refractivity contribution in [3.05, 3.63) is 54.0 Å². The van der Waals surface area contributed by atoms with Crippen molar-refractivity contribution >= 4 is 32.6 Å². The highest BCUT2D eigenvalue weighted by Gasteiger charge is 2.16. The van der Waals surface area contributed by atoms with E-state index in [0.29, 0.717) is 23.1 Å². The number of nitrogens with zero attached hydrogens (tertiary/aromatic N) is 3. The summed E-state index contributed by atoms with van der Waals surface area (Å²) in [5.41, 5.74) is 1.18. The van der Waals surface area contributed by atoms with E-state index < -0.39 is 10.2 Å². The molecule has 7 nitrogen and oxygen atoms in total. The molecule has 8 heteroatoms. The van der Waals surface area contributed by atoms with Crippen molar-refractivity contribution in [1.29, 1.82) is 0 Å². The normalized spacial score (nSPS) is 11.7. The molecule has 0 amide bonds. The summed E-state index contributed by atoms with van der Waals surface area (Å²) in [6, 6.07) is 12.8. The summed E-state index contributed by atoms with van der Waals surface area (Å²) in [5.74, 6) is 2.48. The van der Waals surface area contributed by atoms with E-state index in [2.05, 4.69) is 4.98 Å². The van der Waals surface area contributed by atoms with E-state index in [9.17, 15) is 8.42 Å². The van der Waals surface area contributed by atoms with E-state index in [1.807, 2.05) is 49.2 Å². The van der Waals surface area contributed by atoms with Gasteiger partial charge >= 0.3 is 0 Å². The number of fused-ring (bicyclic) bond motifs is 1. The van der Waals surface area contributed by atoms with Crippen LogP contribution in [0.4, 0.5) is 11.5 Å². The van der Waals surface area contributed by atoms with Crippen LogP contribution in [0.25, 0.3) is 10.9 Å². The highest BCUT2D eigenvalue weighted by atomic mass is 32.2. The molecule has 2 aromatic heterocycles. The van der Waals surface area contributed by atoms with Crippen molar-refractivity contribution in [2.24, 2.45) is 5.14 Å². The molecule has 0 fully saturated rings. The first-order valence-corrected chi connectivity index (χ1v) is 9.19. The van der Waals surface area contributed by atoms with Crippen LogP contribution in [0.15, 0.2) is 46.9 Å². The number of anilines is 2. The maximum atomic E-state index is 11.6. The minimum atomic E-state index is -3.83. The summed E-state index contributed by atoms with van der Waals surface area (Å²) in [6.07, 6.45) is 0. The SMILES string of the molecule is Cc1ccc(CN(C)c2ccc3c(N(C)S(N)(=O)=O)cccc3n2)o1. The molecule has 3 rings (SSSR count). The summed E-state index contributed by atoms with van der Waals surface area (Å²) >= 11 is 0. The molecule has 0 aliphatic carbocycles. The van der Waals surface area contributed by atoms with Crippen LogP contribution in [0.5, 0.6) is 0 Å². The Hall–Kier alpha value is -2.58. The summed E-state index contributed by atoms with van der Waals surface area (Å²) in [6.45, 7) is 2.49. The molecule has 0 unspecified atom stereocenters. The van der Waals surface area contributed by atoms with Gasteiger partial charge < -0.3 is 9.32 Å². The van der Waals surface area contributed by atoms with Crippen LogP contribution in [-0.4, -0.2) is 27.5 Å². The van der Waals surface area contributed by atoms with Crippen molar-refractivity contribution < 1.29 is 12.8 Å². The second-order valence-corrected chi connectivity index (χ2v) is 7.47. The Morgan fingerprint density at radius 2 is 1.88 bits per heavy atom. The third kappa shape index (κ3) is 3.59.